The second-order valence-corrected chi connectivity index (χ2v) is 10.1. The van der Waals surface area contributed by atoms with E-state index in [1.807, 2.05) is 53.1 Å². The van der Waals surface area contributed by atoms with Gasteiger partial charge in [0.25, 0.3) is 5.91 Å². The first kappa shape index (κ1) is 31.5. The third-order valence-corrected chi connectivity index (χ3v) is 6.88. The van der Waals surface area contributed by atoms with Gasteiger partial charge in [0.1, 0.15) is 0 Å². The van der Waals surface area contributed by atoms with Gasteiger partial charge in [-0.3, -0.25) is 14.5 Å². The third-order valence-electron chi connectivity index (χ3n) is 6.88. The fourth-order valence-corrected chi connectivity index (χ4v) is 4.27. The lowest BCUT2D eigenvalue weighted by Gasteiger charge is -2.25. The molecule has 0 saturated heterocycles. The summed E-state index contributed by atoms with van der Waals surface area (Å²) in [6, 6.07) is 8.98. The molecule has 1 heterocycles. The molecule has 0 bridgehead atoms. The van der Waals surface area contributed by atoms with E-state index >= 15 is 0 Å². The molecule has 0 saturated carbocycles. The number of halogens is 3. The van der Waals surface area contributed by atoms with E-state index in [1.165, 1.54) is 12.1 Å². The number of hydrazine groups is 1. The van der Waals surface area contributed by atoms with Gasteiger partial charge in [0.2, 0.25) is 0 Å². The summed E-state index contributed by atoms with van der Waals surface area (Å²) in [5.41, 5.74) is 6.99. The van der Waals surface area contributed by atoms with Gasteiger partial charge in [-0.15, -0.1) is 0 Å². The van der Waals surface area contributed by atoms with Crippen molar-refractivity contribution in [3.63, 3.8) is 0 Å². The van der Waals surface area contributed by atoms with Crippen LogP contribution in [0.3, 0.4) is 0 Å². The Kier molecular flexibility index (Phi) is 10.1. The number of nitrogens with zero attached hydrogens (tertiary/aromatic N) is 5. The van der Waals surface area contributed by atoms with E-state index < -0.39 is 17.6 Å². The number of aryl methyl sites for hydroxylation is 2. The maximum absolute atomic E-state index is 14.0. The molecule has 0 atom stereocenters. The fourth-order valence-electron chi connectivity index (χ4n) is 4.27. The van der Waals surface area contributed by atoms with E-state index in [4.69, 9.17) is 0 Å². The summed E-state index contributed by atoms with van der Waals surface area (Å²) < 4.78 is 43.7. The molecule has 3 rings (SSSR count). The van der Waals surface area contributed by atoms with E-state index in [0.29, 0.717) is 24.3 Å². The smallest absolute Gasteiger partial charge is 0.386 e. The average molecular weight is 573 g/mol. The van der Waals surface area contributed by atoms with E-state index in [2.05, 4.69) is 21.2 Å². The van der Waals surface area contributed by atoms with Crippen LogP contribution in [0.5, 0.6) is 0 Å². The standard InChI is InChI=1S/C29H39F3N8O/c1-19-9-10-21(15-27(19)40(34-4)18-25(33-3)23-17-35-39(8)20(23)2)28(41)36-22-11-12-26(24(16-22)29(30,31)32)38(7)14-13-37(5)6/h9-12,15-18,33-34H,13-14H2,1-8H3,(H,36,41)/b25-18-. The van der Waals surface area contributed by atoms with Crippen molar-refractivity contribution in [3.05, 3.63) is 76.7 Å². The summed E-state index contributed by atoms with van der Waals surface area (Å²) in [4.78, 5) is 16.7. The first-order chi connectivity index (χ1) is 19.3. The Morgan fingerprint density at radius 3 is 2.29 bits per heavy atom. The van der Waals surface area contributed by atoms with Gasteiger partial charge in [0, 0.05) is 75.7 Å². The molecule has 0 aliphatic rings. The minimum atomic E-state index is -4.59. The predicted molar refractivity (Wildman–Crippen MR) is 159 cm³/mol. The number of nitrogens with one attached hydrogen (secondary N) is 3. The minimum Gasteiger partial charge on any atom is -0.386 e. The molecule has 0 radical (unpaired) electrons. The molecule has 0 unspecified atom stereocenters. The van der Waals surface area contributed by atoms with Crippen LogP contribution in [0.25, 0.3) is 5.70 Å². The number of hydrogen-bond donors (Lipinski definition) is 3. The molecule has 41 heavy (non-hydrogen) atoms. The molecule has 0 spiro atoms. The van der Waals surface area contributed by atoms with Crippen LogP contribution < -0.4 is 26.0 Å². The highest BCUT2D eigenvalue weighted by molar-refractivity contribution is 6.05. The van der Waals surface area contributed by atoms with Gasteiger partial charge in [-0.25, -0.2) is 5.43 Å². The monoisotopic (exact) mass is 572 g/mol. The first-order valence-electron chi connectivity index (χ1n) is 13.1. The van der Waals surface area contributed by atoms with Gasteiger partial charge in [-0.05, 0) is 63.8 Å². The zero-order chi connectivity index (χ0) is 30.5. The number of likely N-dealkylation sites (N-methyl/N-ethyl adjacent to an activating group) is 2. The molecule has 0 aliphatic heterocycles. The quantitative estimate of drug-likeness (QED) is 0.293. The fraction of sp³-hybridized carbons (Fsp3) is 0.379. The Morgan fingerprint density at radius 1 is 1.02 bits per heavy atom. The number of rotatable bonds is 11. The molecule has 0 fully saturated rings. The van der Waals surface area contributed by atoms with Crippen LogP contribution in [0.1, 0.15) is 32.7 Å². The van der Waals surface area contributed by atoms with Crippen molar-refractivity contribution < 1.29 is 18.0 Å². The van der Waals surface area contributed by atoms with Gasteiger partial charge in [0.15, 0.2) is 0 Å². The minimum absolute atomic E-state index is 0.0515. The Bertz CT molecular complexity index is 1400. The van der Waals surface area contributed by atoms with Crippen LogP contribution in [0.2, 0.25) is 0 Å². The average Bonchev–Trinajstić information content (AvgIpc) is 3.25. The molecule has 0 aliphatic carbocycles. The van der Waals surface area contributed by atoms with Gasteiger partial charge >= 0.3 is 6.18 Å². The summed E-state index contributed by atoms with van der Waals surface area (Å²) in [5.74, 6) is -0.523. The highest BCUT2D eigenvalue weighted by Gasteiger charge is 2.35. The molecule has 1 aromatic heterocycles. The zero-order valence-corrected chi connectivity index (χ0v) is 24.8. The molecular formula is C29H39F3N8O. The Labute approximate surface area is 239 Å². The second-order valence-electron chi connectivity index (χ2n) is 10.1. The van der Waals surface area contributed by atoms with Crippen molar-refractivity contribution >= 4 is 28.7 Å². The van der Waals surface area contributed by atoms with Gasteiger partial charge < -0.3 is 20.4 Å². The van der Waals surface area contributed by atoms with Crippen LogP contribution in [0.15, 0.2) is 48.8 Å². The van der Waals surface area contributed by atoms with E-state index in [-0.39, 0.29) is 11.4 Å². The number of carbonyl (C=O) groups excluding carboxylic acids is 1. The van der Waals surface area contributed by atoms with E-state index in [0.717, 1.165) is 28.6 Å². The van der Waals surface area contributed by atoms with Crippen LogP contribution in [0.4, 0.5) is 30.2 Å². The Balaban J connectivity index is 1.90. The summed E-state index contributed by atoms with van der Waals surface area (Å²) in [6.07, 6.45) is -0.964. The summed E-state index contributed by atoms with van der Waals surface area (Å²) in [6.45, 7) is 4.88. The van der Waals surface area contributed by atoms with Gasteiger partial charge in [-0.1, -0.05) is 6.07 Å². The normalized spacial score (nSPS) is 12.0. The second kappa shape index (κ2) is 13.1. The summed E-state index contributed by atoms with van der Waals surface area (Å²) >= 11 is 0. The van der Waals surface area contributed by atoms with Crippen LogP contribution >= 0.6 is 0 Å². The predicted octanol–water partition coefficient (Wildman–Crippen LogP) is 4.46. The highest BCUT2D eigenvalue weighted by atomic mass is 19.4. The largest absolute Gasteiger partial charge is 0.418 e. The van der Waals surface area contributed by atoms with Crippen molar-refractivity contribution in [1.29, 1.82) is 0 Å². The maximum Gasteiger partial charge on any atom is 0.418 e. The van der Waals surface area contributed by atoms with Crippen LogP contribution in [0, 0.1) is 13.8 Å². The molecule has 222 valence electrons. The maximum atomic E-state index is 14.0. The van der Waals surface area contributed by atoms with Crippen LogP contribution in [-0.2, 0) is 13.2 Å². The van der Waals surface area contributed by atoms with Crippen molar-refractivity contribution in [2.24, 2.45) is 7.05 Å². The van der Waals surface area contributed by atoms with Gasteiger partial charge in [-0.2, -0.15) is 18.3 Å². The van der Waals surface area contributed by atoms with Crippen LogP contribution in [-0.4, -0.2) is 68.9 Å². The van der Waals surface area contributed by atoms with Crippen molar-refractivity contribution in [3.8, 4) is 0 Å². The number of aromatic nitrogens is 2. The Morgan fingerprint density at radius 2 is 1.73 bits per heavy atom. The summed E-state index contributed by atoms with van der Waals surface area (Å²) in [5, 5.41) is 11.9. The van der Waals surface area contributed by atoms with Gasteiger partial charge in [0.05, 0.1) is 23.1 Å². The summed E-state index contributed by atoms with van der Waals surface area (Å²) in [7, 11) is 10.8. The molecule has 3 N–H and O–H groups in total. The molecule has 12 heteroatoms. The number of hydrogen-bond acceptors (Lipinski definition) is 7. The SMILES string of the molecule is CN/C(=C\N(NC)c1cc(C(=O)Nc2ccc(N(C)CCN(C)C)c(C(F)(F)F)c2)ccc1C)c1cnn(C)c1C. The zero-order valence-electron chi connectivity index (χ0n) is 24.8. The lowest BCUT2D eigenvalue weighted by atomic mass is 10.1. The molecule has 3 aromatic rings. The number of anilines is 3. The molecule has 2 aromatic carbocycles. The topological polar surface area (TPSA) is 80.7 Å². The van der Waals surface area contributed by atoms with E-state index in [9.17, 15) is 18.0 Å². The number of alkyl halides is 3. The lowest BCUT2D eigenvalue weighted by molar-refractivity contribution is -0.137. The van der Waals surface area contributed by atoms with Crippen molar-refractivity contribution in [1.82, 2.24) is 25.4 Å². The third kappa shape index (κ3) is 7.59. The van der Waals surface area contributed by atoms with E-state index in [1.54, 1.807) is 53.1 Å². The number of carbonyl (C=O) groups is 1. The molecule has 1 amide bonds. The number of amides is 1. The molecule has 9 nitrogen and oxygen atoms in total. The lowest BCUT2D eigenvalue weighted by Crippen LogP contribution is -2.32. The number of benzene rings is 2. The molecular weight excluding hydrogens is 533 g/mol. The first-order valence-corrected chi connectivity index (χ1v) is 13.1. The van der Waals surface area contributed by atoms with Crippen molar-refractivity contribution in [2.45, 2.75) is 20.0 Å². The van der Waals surface area contributed by atoms with Crippen molar-refractivity contribution in [2.75, 3.05) is 63.6 Å². The Hall–Kier alpha value is -4.03. The highest BCUT2D eigenvalue weighted by Crippen LogP contribution is 2.38.